The van der Waals surface area contributed by atoms with Gasteiger partial charge in [-0.15, -0.1) is 0 Å². The molecule has 2 amide bonds. The number of pyridine rings is 1. The molecule has 11 heteroatoms. The zero-order valence-corrected chi connectivity index (χ0v) is 18.3. The third-order valence-corrected chi connectivity index (χ3v) is 7.58. The predicted octanol–water partition coefficient (Wildman–Crippen LogP) is 0.816. The molecule has 2 saturated heterocycles. The molecule has 3 atom stereocenters. The van der Waals surface area contributed by atoms with E-state index in [9.17, 15) is 22.8 Å². The maximum atomic E-state index is 13.3. The normalized spacial score (nSPS) is 22.0. The van der Waals surface area contributed by atoms with E-state index in [1.807, 2.05) is 6.92 Å². The summed E-state index contributed by atoms with van der Waals surface area (Å²) in [7, 11) is -3.97. The number of hydrogen-bond acceptors (Lipinski definition) is 7. The fourth-order valence-corrected chi connectivity index (χ4v) is 5.90. The molecule has 0 spiro atoms. The minimum Gasteiger partial charge on any atom is -0.459 e. The molecule has 0 saturated carbocycles. The lowest BCUT2D eigenvalue weighted by Gasteiger charge is -2.28. The van der Waals surface area contributed by atoms with Crippen molar-refractivity contribution >= 4 is 27.6 Å². The molecule has 2 aliphatic heterocycles. The first kappa shape index (κ1) is 22.2. The molecule has 0 bridgehead atoms. The first-order valence-corrected chi connectivity index (χ1v) is 11.9. The van der Waals surface area contributed by atoms with Crippen LogP contribution < -0.4 is 5.32 Å². The Bertz CT molecular complexity index is 1100. The minimum atomic E-state index is -3.97. The number of ketones is 1. The van der Waals surface area contributed by atoms with E-state index < -0.39 is 40.0 Å². The number of nitrogens with zero attached hydrogens (tertiary/aromatic N) is 3. The standard InChI is InChI=1S/C21H24N4O6S/c1-2-6-14(23-20(27)17-7-5-12-31-17)21(28)24-11-9-15-19(24)16(26)13-25(15)32(29,30)18-8-3-4-10-22-18/h3-5,7-8,10,12,14-15,19H,2,6,9,11,13H2,1H3,(H,23,27). The lowest BCUT2D eigenvalue weighted by Crippen LogP contribution is -2.52. The maximum Gasteiger partial charge on any atom is 0.287 e. The van der Waals surface area contributed by atoms with Crippen molar-refractivity contribution in [3.8, 4) is 0 Å². The highest BCUT2D eigenvalue weighted by atomic mass is 32.2. The van der Waals surface area contributed by atoms with Crippen molar-refractivity contribution in [1.82, 2.24) is 19.5 Å². The number of sulfonamides is 1. The van der Waals surface area contributed by atoms with Crippen LogP contribution in [0, 0.1) is 0 Å². The highest BCUT2D eigenvalue weighted by molar-refractivity contribution is 7.89. The van der Waals surface area contributed by atoms with Crippen LogP contribution in [0.4, 0.5) is 0 Å². The Morgan fingerprint density at radius 3 is 2.75 bits per heavy atom. The van der Waals surface area contributed by atoms with Gasteiger partial charge in [0.25, 0.3) is 15.9 Å². The molecule has 0 aromatic carbocycles. The van der Waals surface area contributed by atoms with Gasteiger partial charge in [-0.3, -0.25) is 14.4 Å². The number of aromatic nitrogens is 1. The number of furan rings is 1. The number of nitrogens with one attached hydrogen (secondary N) is 1. The summed E-state index contributed by atoms with van der Waals surface area (Å²) in [5.74, 6) is -1.17. The fraction of sp³-hybridized carbons (Fsp3) is 0.429. The molecule has 3 unspecified atom stereocenters. The Morgan fingerprint density at radius 1 is 1.28 bits per heavy atom. The third-order valence-electron chi connectivity index (χ3n) is 5.80. The molecular formula is C21H24N4O6S. The van der Waals surface area contributed by atoms with Gasteiger partial charge < -0.3 is 14.6 Å². The van der Waals surface area contributed by atoms with Crippen molar-refractivity contribution in [2.45, 2.75) is 49.3 Å². The van der Waals surface area contributed by atoms with Crippen LogP contribution in [-0.2, 0) is 19.6 Å². The molecule has 2 aromatic rings. The highest BCUT2D eigenvalue weighted by Crippen LogP contribution is 2.34. The maximum absolute atomic E-state index is 13.3. The largest absolute Gasteiger partial charge is 0.459 e. The molecule has 10 nitrogen and oxygen atoms in total. The number of hydrogen-bond donors (Lipinski definition) is 1. The summed E-state index contributed by atoms with van der Waals surface area (Å²) in [5, 5.41) is 2.55. The lowest BCUT2D eigenvalue weighted by molar-refractivity contribution is -0.138. The number of Topliss-reactive ketones (excluding diaryl/α,β-unsaturated/α-hetero) is 1. The average Bonchev–Trinajstić information content (AvgIpc) is 3.52. The summed E-state index contributed by atoms with van der Waals surface area (Å²) in [6.45, 7) is 1.80. The van der Waals surface area contributed by atoms with Gasteiger partial charge in [-0.25, -0.2) is 13.4 Å². The summed E-state index contributed by atoms with van der Waals surface area (Å²) in [4.78, 5) is 43.9. The van der Waals surface area contributed by atoms with E-state index in [4.69, 9.17) is 4.42 Å². The zero-order chi connectivity index (χ0) is 22.9. The molecule has 1 N–H and O–H groups in total. The van der Waals surface area contributed by atoms with Gasteiger partial charge in [0, 0.05) is 12.7 Å². The second kappa shape index (κ2) is 8.83. The van der Waals surface area contributed by atoms with E-state index >= 15 is 0 Å². The lowest BCUT2D eigenvalue weighted by atomic mass is 10.1. The molecule has 170 valence electrons. The van der Waals surface area contributed by atoms with Crippen LogP contribution in [0.3, 0.4) is 0 Å². The molecule has 2 aromatic heterocycles. The summed E-state index contributed by atoms with van der Waals surface area (Å²) < 4.78 is 32.3. The van der Waals surface area contributed by atoms with Crippen LogP contribution in [-0.4, -0.2) is 71.4 Å². The van der Waals surface area contributed by atoms with Crippen LogP contribution in [0.5, 0.6) is 0 Å². The number of carbonyl (C=O) groups is 3. The molecule has 32 heavy (non-hydrogen) atoms. The average molecular weight is 461 g/mol. The van der Waals surface area contributed by atoms with Crippen LogP contribution >= 0.6 is 0 Å². The number of fused-ring (bicyclic) bond motifs is 1. The Morgan fingerprint density at radius 2 is 2.09 bits per heavy atom. The second-order valence-electron chi connectivity index (χ2n) is 7.81. The molecule has 2 aliphatic rings. The van der Waals surface area contributed by atoms with Gasteiger partial charge in [0.05, 0.1) is 18.8 Å². The van der Waals surface area contributed by atoms with E-state index in [0.29, 0.717) is 19.3 Å². The zero-order valence-electron chi connectivity index (χ0n) is 17.5. The van der Waals surface area contributed by atoms with E-state index in [-0.39, 0.29) is 29.7 Å². The topological polar surface area (TPSA) is 130 Å². The third kappa shape index (κ3) is 3.93. The first-order valence-electron chi connectivity index (χ1n) is 10.4. The van der Waals surface area contributed by atoms with Crippen LogP contribution in [0.25, 0.3) is 0 Å². The minimum absolute atomic E-state index is 0.0859. The smallest absolute Gasteiger partial charge is 0.287 e. The van der Waals surface area contributed by atoms with Gasteiger partial charge in [0.2, 0.25) is 5.91 Å². The summed E-state index contributed by atoms with van der Waals surface area (Å²) in [5.41, 5.74) is 0. The molecule has 4 heterocycles. The number of rotatable bonds is 7. The monoisotopic (exact) mass is 460 g/mol. The molecule has 4 rings (SSSR count). The van der Waals surface area contributed by atoms with E-state index in [0.717, 1.165) is 4.31 Å². The van der Waals surface area contributed by atoms with Crippen LogP contribution in [0.15, 0.2) is 52.2 Å². The van der Waals surface area contributed by atoms with Crippen molar-refractivity contribution in [3.05, 3.63) is 48.6 Å². The van der Waals surface area contributed by atoms with Crippen molar-refractivity contribution in [3.63, 3.8) is 0 Å². The molecule has 0 radical (unpaired) electrons. The van der Waals surface area contributed by atoms with Crippen molar-refractivity contribution in [2.24, 2.45) is 0 Å². The number of carbonyl (C=O) groups excluding carboxylic acids is 3. The van der Waals surface area contributed by atoms with Gasteiger partial charge in [0.15, 0.2) is 16.6 Å². The molecular weight excluding hydrogens is 436 g/mol. The van der Waals surface area contributed by atoms with Gasteiger partial charge in [0.1, 0.15) is 12.1 Å². The quantitative estimate of drug-likeness (QED) is 0.647. The van der Waals surface area contributed by atoms with Gasteiger partial charge in [-0.05, 0) is 37.1 Å². The summed E-state index contributed by atoms with van der Waals surface area (Å²) in [6, 6.07) is 5.26. The molecule has 2 fully saturated rings. The summed E-state index contributed by atoms with van der Waals surface area (Å²) in [6.07, 6.45) is 4.08. The fourth-order valence-electron chi connectivity index (χ4n) is 4.34. The van der Waals surface area contributed by atoms with Crippen LogP contribution in [0.2, 0.25) is 0 Å². The first-order chi connectivity index (χ1) is 15.3. The van der Waals surface area contributed by atoms with Gasteiger partial charge in [-0.1, -0.05) is 19.4 Å². The van der Waals surface area contributed by atoms with E-state index in [1.165, 1.54) is 29.5 Å². The second-order valence-corrected chi connectivity index (χ2v) is 9.65. The number of amides is 2. The van der Waals surface area contributed by atoms with Crippen LogP contribution in [0.1, 0.15) is 36.7 Å². The van der Waals surface area contributed by atoms with Crippen molar-refractivity contribution in [1.29, 1.82) is 0 Å². The highest BCUT2D eigenvalue weighted by Gasteiger charge is 2.54. The Labute approximate surface area is 185 Å². The van der Waals surface area contributed by atoms with Gasteiger partial charge >= 0.3 is 0 Å². The summed E-state index contributed by atoms with van der Waals surface area (Å²) >= 11 is 0. The van der Waals surface area contributed by atoms with Gasteiger partial charge in [-0.2, -0.15) is 4.31 Å². The predicted molar refractivity (Wildman–Crippen MR) is 112 cm³/mol. The van der Waals surface area contributed by atoms with Crippen molar-refractivity contribution in [2.75, 3.05) is 13.1 Å². The van der Waals surface area contributed by atoms with E-state index in [2.05, 4.69) is 10.3 Å². The Hall–Kier alpha value is -3.05. The Kier molecular flexibility index (Phi) is 6.11. The van der Waals surface area contributed by atoms with E-state index in [1.54, 1.807) is 18.2 Å². The SMILES string of the molecule is CCCC(NC(=O)c1ccco1)C(=O)N1CCC2C1C(=O)CN2S(=O)(=O)c1ccccn1. The Balaban J connectivity index is 1.53. The number of likely N-dealkylation sites (tertiary alicyclic amines) is 1. The van der Waals surface area contributed by atoms with Crippen molar-refractivity contribution < 1.29 is 27.2 Å². The molecule has 0 aliphatic carbocycles.